The molecule has 0 aliphatic carbocycles. The molecule has 0 unspecified atom stereocenters. The third-order valence-electron chi connectivity index (χ3n) is 3.93. The lowest BCUT2D eigenvalue weighted by molar-refractivity contribution is 0.102. The summed E-state index contributed by atoms with van der Waals surface area (Å²) in [5, 5.41) is 2.76. The van der Waals surface area contributed by atoms with E-state index in [0.29, 0.717) is 22.7 Å². The van der Waals surface area contributed by atoms with Crippen LogP contribution in [0.5, 0.6) is 11.5 Å². The minimum atomic E-state index is -3.26. The van der Waals surface area contributed by atoms with E-state index in [1.165, 1.54) is 12.1 Å². The van der Waals surface area contributed by atoms with Crippen LogP contribution >= 0.6 is 0 Å². The van der Waals surface area contributed by atoms with Gasteiger partial charge in [-0.1, -0.05) is 31.2 Å². The molecule has 27 heavy (non-hydrogen) atoms. The Labute approximate surface area is 158 Å². The van der Waals surface area contributed by atoms with Gasteiger partial charge in [-0.05, 0) is 54.6 Å². The molecule has 0 fully saturated rings. The molecule has 0 aliphatic heterocycles. The Hall–Kier alpha value is -3.12. The number of carbonyl (C=O) groups excluding carboxylic acids is 1. The summed E-state index contributed by atoms with van der Waals surface area (Å²) in [6.45, 7) is 1.59. The molecule has 5 nitrogen and oxygen atoms in total. The van der Waals surface area contributed by atoms with Gasteiger partial charge in [0, 0.05) is 11.3 Å². The number of nitrogens with one attached hydrogen (secondary N) is 1. The van der Waals surface area contributed by atoms with Gasteiger partial charge < -0.3 is 10.1 Å². The summed E-state index contributed by atoms with van der Waals surface area (Å²) in [6, 6.07) is 22.3. The number of ether oxygens (including phenoxy) is 1. The summed E-state index contributed by atoms with van der Waals surface area (Å²) in [5.41, 5.74) is 0.957. The molecule has 0 heterocycles. The largest absolute Gasteiger partial charge is 0.457 e. The van der Waals surface area contributed by atoms with Crippen molar-refractivity contribution in [3.05, 3.63) is 84.4 Å². The summed E-state index contributed by atoms with van der Waals surface area (Å²) in [6.07, 6.45) is 0. The Balaban J connectivity index is 1.72. The van der Waals surface area contributed by atoms with Crippen LogP contribution in [0.4, 0.5) is 5.69 Å². The SMILES string of the molecule is CCS(=O)(=O)c1ccc(NC(=O)c2cccc(Oc3ccccc3)c2)cc1. The van der Waals surface area contributed by atoms with Crippen LogP contribution in [0.2, 0.25) is 0 Å². The number of hydrogen-bond acceptors (Lipinski definition) is 4. The van der Waals surface area contributed by atoms with Crippen LogP contribution < -0.4 is 10.1 Å². The van der Waals surface area contributed by atoms with Crippen LogP contribution in [-0.4, -0.2) is 20.1 Å². The molecular weight excluding hydrogens is 362 g/mol. The highest BCUT2D eigenvalue weighted by Crippen LogP contribution is 2.22. The first-order valence-corrected chi connectivity index (χ1v) is 10.1. The number of rotatable bonds is 6. The third-order valence-corrected chi connectivity index (χ3v) is 5.68. The van der Waals surface area contributed by atoms with Gasteiger partial charge in [0.2, 0.25) is 0 Å². The maximum atomic E-state index is 12.5. The van der Waals surface area contributed by atoms with Crippen molar-refractivity contribution in [2.75, 3.05) is 11.1 Å². The van der Waals surface area contributed by atoms with Gasteiger partial charge in [-0.2, -0.15) is 0 Å². The Morgan fingerprint density at radius 2 is 1.56 bits per heavy atom. The second kappa shape index (κ2) is 8.05. The van der Waals surface area contributed by atoms with Gasteiger partial charge in [-0.3, -0.25) is 4.79 Å². The van der Waals surface area contributed by atoms with E-state index >= 15 is 0 Å². The van der Waals surface area contributed by atoms with Crippen molar-refractivity contribution in [2.24, 2.45) is 0 Å². The number of benzene rings is 3. The molecule has 0 saturated heterocycles. The number of sulfone groups is 1. The molecule has 0 spiro atoms. The molecule has 1 N–H and O–H groups in total. The third kappa shape index (κ3) is 4.74. The first-order chi connectivity index (χ1) is 13.0. The second-order valence-corrected chi connectivity index (χ2v) is 8.10. The normalized spacial score (nSPS) is 11.0. The minimum absolute atomic E-state index is 0.0346. The van der Waals surface area contributed by atoms with Crippen LogP contribution in [0, 0.1) is 0 Å². The van der Waals surface area contributed by atoms with E-state index in [-0.39, 0.29) is 16.6 Å². The average molecular weight is 381 g/mol. The van der Waals surface area contributed by atoms with E-state index in [4.69, 9.17) is 4.74 Å². The standard InChI is InChI=1S/C21H19NO4S/c1-2-27(24,25)20-13-11-17(12-14-20)22-21(23)16-7-6-10-19(15-16)26-18-8-4-3-5-9-18/h3-15H,2H2,1H3,(H,22,23). The van der Waals surface area contributed by atoms with Gasteiger partial charge in [0.15, 0.2) is 9.84 Å². The van der Waals surface area contributed by atoms with Crippen molar-refractivity contribution in [2.45, 2.75) is 11.8 Å². The van der Waals surface area contributed by atoms with E-state index < -0.39 is 9.84 Å². The van der Waals surface area contributed by atoms with Crippen LogP contribution in [0.1, 0.15) is 17.3 Å². The zero-order valence-corrected chi connectivity index (χ0v) is 15.6. The highest BCUT2D eigenvalue weighted by Gasteiger charge is 2.12. The van der Waals surface area contributed by atoms with Crippen molar-refractivity contribution in [3.63, 3.8) is 0 Å². The first kappa shape index (κ1) is 18.7. The van der Waals surface area contributed by atoms with Gasteiger partial charge in [-0.25, -0.2) is 8.42 Å². The molecule has 0 saturated carbocycles. The highest BCUT2D eigenvalue weighted by molar-refractivity contribution is 7.91. The average Bonchev–Trinajstić information content (AvgIpc) is 2.69. The van der Waals surface area contributed by atoms with Crippen LogP contribution in [0.3, 0.4) is 0 Å². The Bertz CT molecular complexity index is 1030. The molecule has 1 amide bonds. The molecule has 6 heteroatoms. The Kier molecular flexibility index (Phi) is 5.57. The predicted octanol–water partition coefficient (Wildman–Crippen LogP) is 4.52. The molecule has 0 aromatic heterocycles. The number of hydrogen-bond donors (Lipinski definition) is 1. The molecule has 0 radical (unpaired) electrons. The lowest BCUT2D eigenvalue weighted by atomic mass is 10.2. The van der Waals surface area contributed by atoms with Crippen LogP contribution in [-0.2, 0) is 9.84 Å². The molecule has 138 valence electrons. The zero-order chi connectivity index (χ0) is 19.3. The van der Waals surface area contributed by atoms with Crippen molar-refractivity contribution in [1.29, 1.82) is 0 Å². The first-order valence-electron chi connectivity index (χ1n) is 8.45. The lowest BCUT2D eigenvalue weighted by Gasteiger charge is -2.09. The van der Waals surface area contributed by atoms with Gasteiger partial charge in [-0.15, -0.1) is 0 Å². The fourth-order valence-corrected chi connectivity index (χ4v) is 3.33. The van der Waals surface area contributed by atoms with Gasteiger partial charge >= 0.3 is 0 Å². The summed E-state index contributed by atoms with van der Waals surface area (Å²) in [7, 11) is -3.26. The van der Waals surface area contributed by atoms with E-state index in [1.807, 2.05) is 30.3 Å². The van der Waals surface area contributed by atoms with Crippen LogP contribution in [0.25, 0.3) is 0 Å². The van der Waals surface area contributed by atoms with Gasteiger partial charge in [0.25, 0.3) is 5.91 Å². The maximum absolute atomic E-state index is 12.5. The summed E-state index contributed by atoms with van der Waals surface area (Å²) in [4.78, 5) is 12.7. The topological polar surface area (TPSA) is 72.5 Å². The van der Waals surface area contributed by atoms with Crippen LogP contribution in [0.15, 0.2) is 83.8 Å². The van der Waals surface area contributed by atoms with Gasteiger partial charge in [0.05, 0.1) is 10.6 Å². The number of anilines is 1. The second-order valence-electron chi connectivity index (χ2n) is 5.82. The molecular formula is C21H19NO4S. The summed E-state index contributed by atoms with van der Waals surface area (Å²) in [5.74, 6) is 0.966. The number of carbonyl (C=O) groups is 1. The fourth-order valence-electron chi connectivity index (χ4n) is 2.44. The molecule has 0 atom stereocenters. The van der Waals surface area contributed by atoms with Crippen molar-refractivity contribution >= 4 is 21.4 Å². The van der Waals surface area contributed by atoms with Crippen molar-refractivity contribution in [1.82, 2.24) is 0 Å². The molecule has 0 bridgehead atoms. The molecule has 3 aromatic rings. The number of para-hydroxylation sites is 1. The van der Waals surface area contributed by atoms with E-state index in [2.05, 4.69) is 5.32 Å². The molecule has 3 rings (SSSR count). The Morgan fingerprint density at radius 1 is 0.889 bits per heavy atom. The lowest BCUT2D eigenvalue weighted by Crippen LogP contribution is -2.12. The molecule has 0 aliphatic rings. The predicted molar refractivity (Wildman–Crippen MR) is 105 cm³/mol. The van der Waals surface area contributed by atoms with E-state index in [9.17, 15) is 13.2 Å². The number of amides is 1. The van der Waals surface area contributed by atoms with E-state index in [0.717, 1.165) is 0 Å². The maximum Gasteiger partial charge on any atom is 0.255 e. The minimum Gasteiger partial charge on any atom is -0.457 e. The highest BCUT2D eigenvalue weighted by atomic mass is 32.2. The Morgan fingerprint density at radius 3 is 2.22 bits per heavy atom. The summed E-state index contributed by atoms with van der Waals surface area (Å²) < 4.78 is 29.4. The fraction of sp³-hybridized carbons (Fsp3) is 0.0952. The van der Waals surface area contributed by atoms with Gasteiger partial charge in [0.1, 0.15) is 11.5 Å². The van der Waals surface area contributed by atoms with Crippen molar-refractivity contribution in [3.8, 4) is 11.5 Å². The van der Waals surface area contributed by atoms with Crippen molar-refractivity contribution < 1.29 is 17.9 Å². The van der Waals surface area contributed by atoms with E-state index in [1.54, 1.807) is 43.3 Å². The smallest absolute Gasteiger partial charge is 0.255 e. The summed E-state index contributed by atoms with van der Waals surface area (Å²) >= 11 is 0. The molecule has 3 aromatic carbocycles. The zero-order valence-electron chi connectivity index (χ0n) is 14.8. The quantitative estimate of drug-likeness (QED) is 0.681. The monoisotopic (exact) mass is 381 g/mol.